The maximum atomic E-state index is 5.94. The third-order valence-electron chi connectivity index (χ3n) is 2.90. The van der Waals surface area contributed by atoms with Gasteiger partial charge in [-0.05, 0) is 37.7 Å². The van der Waals surface area contributed by atoms with E-state index in [-0.39, 0.29) is 0 Å². The van der Waals surface area contributed by atoms with Crippen LogP contribution in [0.4, 0.5) is 0 Å². The van der Waals surface area contributed by atoms with Crippen molar-refractivity contribution in [2.24, 2.45) is 12.5 Å². The zero-order valence-electron chi connectivity index (χ0n) is 8.18. The van der Waals surface area contributed by atoms with E-state index in [1.807, 2.05) is 18.7 Å². The quantitative estimate of drug-likeness (QED) is 0.682. The Hall–Kier alpha value is -0.500. The number of halogens is 1. The van der Waals surface area contributed by atoms with Gasteiger partial charge in [0, 0.05) is 18.6 Å². The van der Waals surface area contributed by atoms with Crippen LogP contribution in [0.5, 0.6) is 0 Å². The minimum absolute atomic E-state index is 0.405. The van der Waals surface area contributed by atoms with E-state index < -0.39 is 0 Å². The van der Waals surface area contributed by atoms with Gasteiger partial charge >= 0.3 is 0 Å². The minimum atomic E-state index is 0.405. The van der Waals surface area contributed by atoms with Crippen molar-refractivity contribution < 1.29 is 0 Å². The molecule has 1 aliphatic carbocycles. The van der Waals surface area contributed by atoms with Crippen LogP contribution in [0, 0.1) is 12.3 Å². The van der Waals surface area contributed by atoms with E-state index in [0.717, 1.165) is 18.0 Å². The van der Waals surface area contributed by atoms with Gasteiger partial charge in [-0.2, -0.15) is 5.10 Å². The zero-order valence-corrected chi connectivity index (χ0v) is 8.93. The zero-order chi connectivity index (χ0) is 9.47. The van der Waals surface area contributed by atoms with E-state index in [0.29, 0.717) is 5.41 Å². The summed E-state index contributed by atoms with van der Waals surface area (Å²) in [6.45, 7) is 2.03. The van der Waals surface area contributed by atoms with Crippen LogP contribution < -0.4 is 0 Å². The normalized spacial score (nSPS) is 19.0. The predicted octanol–water partition coefficient (Wildman–Crippen LogP) is 2.29. The molecule has 1 saturated carbocycles. The molecular formula is C10H15ClN2. The molecule has 1 heterocycles. The molecule has 1 aromatic heterocycles. The molecule has 0 aromatic carbocycles. The lowest BCUT2D eigenvalue weighted by atomic mass is 10.0. The fourth-order valence-corrected chi connectivity index (χ4v) is 2.11. The second-order valence-electron chi connectivity index (χ2n) is 4.21. The fraction of sp³-hybridized carbons (Fsp3) is 0.700. The topological polar surface area (TPSA) is 17.8 Å². The number of hydrogen-bond acceptors (Lipinski definition) is 1. The van der Waals surface area contributed by atoms with E-state index >= 15 is 0 Å². The molecule has 0 radical (unpaired) electrons. The SMILES string of the molecule is Cc1cc(CC2(CCl)CC2)n(C)n1. The third kappa shape index (κ3) is 1.73. The molecule has 0 aliphatic heterocycles. The lowest BCUT2D eigenvalue weighted by molar-refractivity contribution is 0.543. The largest absolute Gasteiger partial charge is 0.272 e. The molecule has 13 heavy (non-hydrogen) atoms. The Bertz CT molecular complexity index is 313. The van der Waals surface area contributed by atoms with Crippen molar-refractivity contribution in [2.75, 3.05) is 5.88 Å². The molecule has 1 aromatic rings. The maximum Gasteiger partial charge on any atom is 0.0596 e. The summed E-state index contributed by atoms with van der Waals surface area (Å²) in [5.41, 5.74) is 2.82. The Kier molecular flexibility index (Phi) is 2.11. The molecule has 2 nitrogen and oxygen atoms in total. The molecule has 0 amide bonds. The molecule has 1 aliphatic rings. The van der Waals surface area contributed by atoms with Crippen LogP contribution in [-0.2, 0) is 13.5 Å². The van der Waals surface area contributed by atoms with E-state index in [1.54, 1.807) is 0 Å². The van der Waals surface area contributed by atoms with Crippen molar-refractivity contribution >= 4 is 11.6 Å². The van der Waals surface area contributed by atoms with Gasteiger partial charge in [0.2, 0.25) is 0 Å². The third-order valence-corrected chi connectivity index (χ3v) is 3.46. The molecule has 0 saturated heterocycles. The average Bonchev–Trinajstić information content (AvgIpc) is 2.77. The van der Waals surface area contributed by atoms with Gasteiger partial charge < -0.3 is 0 Å². The first-order chi connectivity index (χ1) is 6.15. The number of alkyl halides is 1. The monoisotopic (exact) mass is 198 g/mol. The van der Waals surface area contributed by atoms with Crippen LogP contribution in [0.1, 0.15) is 24.2 Å². The average molecular weight is 199 g/mol. The lowest BCUT2D eigenvalue weighted by Gasteiger charge is -2.10. The Labute approximate surface area is 83.9 Å². The molecule has 1 fully saturated rings. The lowest BCUT2D eigenvalue weighted by Crippen LogP contribution is -2.10. The van der Waals surface area contributed by atoms with Crippen molar-refractivity contribution in [3.8, 4) is 0 Å². The Balaban J connectivity index is 2.13. The van der Waals surface area contributed by atoms with E-state index in [9.17, 15) is 0 Å². The molecule has 0 bridgehead atoms. The Morgan fingerprint density at radius 2 is 2.31 bits per heavy atom. The highest BCUT2D eigenvalue weighted by molar-refractivity contribution is 6.18. The van der Waals surface area contributed by atoms with Gasteiger partial charge in [-0.3, -0.25) is 4.68 Å². The second-order valence-corrected chi connectivity index (χ2v) is 4.48. The molecule has 72 valence electrons. The molecule has 0 N–H and O–H groups in total. The van der Waals surface area contributed by atoms with Gasteiger partial charge in [0.25, 0.3) is 0 Å². The van der Waals surface area contributed by atoms with Gasteiger partial charge in [0.1, 0.15) is 0 Å². The maximum absolute atomic E-state index is 5.94. The summed E-state index contributed by atoms with van der Waals surface area (Å²) in [7, 11) is 2.01. The molecule has 0 atom stereocenters. The van der Waals surface area contributed by atoms with Crippen LogP contribution >= 0.6 is 11.6 Å². The summed E-state index contributed by atoms with van der Waals surface area (Å²) in [5, 5.41) is 4.33. The van der Waals surface area contributed by atoms with Crippen LogP contribution in [0.25, 0.3) is 0 Å². The number of nitrogens with zero attached hydrogens (tertiary/aromatic N) is 2. The highest BCUT2D eigenvalue weighted by Gasteiger charge is 2.42. The first-order valence-corrected chi connectivity index (χ1v) is 5.24. The van der Waals surface area contributed by atoms with Crippen molar-refractivity contribution in [1.82, 2.24) is 9.78 Å². The highest BCUT2D eigenvalue weighted by Crippen LogP contribution is 2.49. The molecular weight excluding hydrogens is 184 g/mol. The van der Waals surface area contributed by atoms with Gasteiger partial charge in [0.05, 0.1) is 5.69 Å². The first kappa shape index (κ1) is 9.07. The van der Waals surface area contributed by atoms with E-state index in [1.165, 1.54) is 18.5 Å². The van der Waals surface area contributed by atoms with Crippen molar-refractivity contribution in [2.45, 2.75) is 26.2 Å². The van der Waals surface area contributed by atoms with Crippen LogP contribution in [0.3, 0.4) is 0 Å². The molecule has 2 rings (SSSR count). The summed E-state index contributed by atoms with van der Waals surface area (Å²) in [6, 6.07) is 2.16. The number of aromatic nitrogens is 2. The highest BCUT2D eigenvalue weighted by atomic mass is 35.5. The van der Waals surface area contributed by atoms with E-state index in [2.05, 4.69) is 11.2 Å². The summed E-state index contributed by atoms with van der Waals surface area (Å²) >= 11 is 5.94. The van der Waals surface area contributed by atoms with Gasteiger partial charge in [-0.25, -0.2) is 0 Å². The predicted molar refractivity (Wildman–Crippen MR) is 54.0 cm³/mol. The van der Waals surface area contributed by atoms with Crippen LogP contribution in [-0.4, -0.2) is 15.7 Å². The van der Waals surface area contributed by atoms with Gasteiger partial charge in [-0.15, -0.1) is 11.6 Å². The van der Waals surface area contributed by atoms with E-state index in [4.69, 9.17) is 11.6 Å². The van der Waals surface area contributed by atoms with Gasteiger partial charge in [-0.1, -0.05) is 0 Å². The number of aryl methyl sites for hydroxylation is 2. The summed E-state index contributed by atoms with van der Waals surface area (Å²) in [5.74, 6) is 0.789. The minimum Gasteiger partial charge on any atom is -0.272 e. The number of rotatable bonds is 3. The number of hydrogen-bond donors (Lipinski definition) is 0. The molecule has 0 unspecified atom stereocenters. The summed E-state index contributed by atoms with van der Waals surface area (Å²) in [4.78, 5) is 0. The standard InChI is InChI=1S/C10H15ClN2/c1-8-5-9(13(2)12-8)6-10(7-11)3-4-10/h5H,3-4,6-7H2,1-2H3. The van der Waals surface area contributed by atoms with Crippen LogP contribution in [0.2, 0.25) is 0 Å². The summed E-state index contributed by atoms with van der Waals surface area (Å²) < 4.78 is 1.97. The Morgan fingerprint density at radius 1 is 1.62 bits per heavy atom. The smallest absolute Gasteiger partial charge is 0.0596 e. The van der Waals surface area contributed by atoms with Gasteiger partial charge in [0.15, 0.2) is 0 Å². The van der Waals surface area contributed by atoms with Crippen molar-refractivity contribution in [3.05, 3.63) is 17.5 Å². The molecule has 3 heteroatoms. The first-order valence-electron chi connectivity index (χ1n) is 4.71. The van der Waals surface area contributed by atoms with Crippen molar-refractivity contribution in [1.29, 1.82) is 0 Å². The molecule has 0 spiro atoms. The van der Waals surface area contributed by atoms with Crippen molar-refractivity contribution in [3.63, 3.8) is 0 Å². The summed E-state index contributed by atoms with van der Waals surface area (Å²) in [6.07, 6.45) is 3.65. The Morgan fingerprint density at radius 3 is 2.69 bits per heavy atom. The second kappa shape index (κ2) is 3.02. The van der Waals surface area contributed by atoms with Crippen LogP contribution in [0.15, 0.2) is 6.07 Å². The fourth-order valence-electron chi connectivity index (χ4n) is 1.75.